The Hall–Kier alpha value is -0.820. The van der Waals surface area contributed by atoms with Crippen LogP contribution in [-0.2, 0) is 5.41 Å². The molecule has 2 N–H and O–H groups in total. The van der Waals surface area contributed by atoms with Crippen LogP contribution in [0.25, 0.3) is 0 Å². The van der Waals surface area contributed by atoms with E-state index in [9.17, 15) is 0 Å². The number of benzene rings is 1. The third kappa shape index (κ3) is 3.10. The molecule has 1 aliphatic carbocycles. The van der Waals surface area contributed by atoms with Crippen LogP contribution in [-0.4, -0.2) is 5.54 Å². The second kappa shape index (κ2) is 4.81. The van der Waals surface area contributed by atoms with Crippen molar-refractivity contribution in [2.75, 3.05) is 0 Å². The van der Waals surface area contributed by atoms with Gasteiger partial charge in [0.15, 0.2) is 0 Å². The van der Waals surface area contributed by atoms with E-state index in [2.05, 4.69) is 44.2 Å². The minimum Gasteiger partial charge on any atom is -0.326 e. The average Bonchev–Trinajstić information content (AvgIpc) is 2.77. The molecule has 0 aliphatic heterocycles. The van der Waals surface area contributed by atoms with Crippen molar-refractivity contribution in [3.05, 3.63) is 35.9 Å². The molecule has 0 aromatic heterocycles. The SMILES string of the molecule is CC(C)(N)CCC1(c2ccccc2)CCCC1. The van der Waals surface area contributed by atoms with Gasteiger partial charge in [0.25, 0.3) is 0 Å². The monoisotopic (exact) mass is 231 g/mol. The summed E-state index contributed by atoms with van der Waals surface area (Å²) in [7, 11) is 0. The quantitative estimate of drug-likeness (QED) is 0.832. The van der Waals surface area contributed by atoms with Gasteiger partial charge in [-0.15, -0.1) is 0 Å². The molecule has 0 unspecified atom stereocenters. The topological polar surface area (TPSA) is 26.0 Å². The summed E-state index contributed by atoms with van der Waals surface area (Å²) in [6.45, 7) is 4.28. The first-order chi connectivity index (χ1) is 8.02. The van der Waals surface area contributed by atoms with Gasteiger partial charge in [0.2, 0.25) is 0 Å². The van der Waals surface area contributed by atoms with Crippen LogP contribution in [0.5, 0.6) is 0 Å². The summed E-state index contributed by atoms with van der Waals surface area (Å²) >= 11 is 0. The van der Waals surface area contributed by atoms with Crippen LogP contribution in [0.1, 0.15) is 57.9 Å². The molecule has 1 aromatic carbocycles. The first kappa shape index (κ1) is 12.6. The summed E-state index contributed by atoms with van der Waals surface area (Å²) < 4.78 is 0. The zero-order chi connectivity index (χ0) is 12.4. The van der Waals surface area contributed by atoms with Crippen LogP contribution < -0.4 is 5.73 Å². The lowest BCUT2D eigenvalue weighted by Gasteiger charge is -2.33. The van der Waals surface area contributed by atoms with E-state index in [0.717, 1.165) is 6.42 Å². The normalized spacial score (nSPS) is 19.5. The van der Waals surface area contributed by atoms with E-state index in [0.29, 0.717) is 5.41 Å². The molecule has 0 amide bonds. The Morgan fingerprint density at radius 3 is 2.24 bits per heavy atom. The van der Waals surface area contributed by atoms with E-state index in [4.69, 9.17) is 5.73 Å². The van der Waals surface area contributed by atoms with Crippen molar-refractivity contribution >= 4 is 0 Å². The summed E-state index contributed by atoms with van der Waals surface area (Å²) in [5, 5.41) is 0. The lowest BCUT2D eigenvalue weighted by Crippen LogP contribution is -2.35. The van der Waals surface area contributed by atoms with E-state index >= 15 is 0 Å². The molecule has 1 nitrogen and oxygen atoms in total. The second-order valence-electron chi connectivity index (χ2n) is 6.34. The highest BCUT2D eigenvalue weighted by molar-refractivity contribution is 5.26. The van der Waals surface area contributed by atoms with Gasteiger partial charge in [-0.2, -0.15) is 0 Å². The van der Waals surface area contributed by atoms with Crippen molar-refractivity contribution < 1.29 is 0 Å². The molecule has 94 valence electrons. The summed E-state index contributed by atoms with van der Waals surface area (Å²) in [5.41, 5.74) is 8.06. The number of hydrogen-bond acceptors (Lipinski definition) is 1. The molecule has 1 aromatic rings. The molecule has 0 saturated heterocycles. The summed E-state index contributed by atoms with van der Waals surface area (Å²) in [5.74, 6) is 0. The van der Waals surface area contributed by atoms with Crippen LogP contribution in [0.2, 0.25) is 0 Å². The van der Waals surface area contributed by atoms with Gasteiger partial charge < -0.3 is 5.73 Å². The Bertz CT molecular complexity index is 342. The van der Waals surface area contributed by atoms with Crippen molar-refractivity contribution in [1.82, 2.24) is 0 Å². The van der Waals surface area contributed by atoms with Gasteiger partial charge in [-0.25, -0.2) is 0 Å². The Kier molecular flexibility index (Phi) is 3.58. The van der Waals surface area contributed by atoms with Gasteiger partial charge in [-0.1, -0.05) is 43.2 Å². The van der Waals surface area contributed by atoms with Gasteiger partial charge in [-0.3, -0.25) is 0 Å². The van der Waals surface area contributed by atoms with E-state index in [-0.39, 0.29) is 5.54 Å². The molecular formula is C16H25N. The molecule has 0 bridgehead atoms. The van der Waals surface area contributed by atoms with E-state index in [1.54, 1.807) is 0 Å². The van der Waals surface area contributed by atoms with Crippen molar-refractivity contribution in [2.45, 2.75) is 63.3 Å². The molecule has 0 radical (unpaired) electrons. The van der Waals surface area contributed by atoms with E-state index in [1.165, 1.54) is 37.7 Å². The Morgan fingerprint density at radius 2 is 1.71 bits per heavy atom. The van der Waals surface area contributed by atoms with Crippen molar-refractivity contribution in [3.63, 3.8) is 0 Å². The Balaban J connectivity index is 2.16. The van der Waals surface area contributed by atoms with E-state index < -0.39 is 0 Å². The Morgan fingerprint density at radius 1 is 1.12 bits per heavy atom. The van der Waals surface area contributed by atoms with Crippen LogP contribution in [0.3, 0.4) is 0 Å². The lowest BCUT2D eigenvalue weighted by atomic mass is 9.73. The summed E-state index contributed by atoms with van der Waals surface area (Å²) in [6, 6.07) is 11.1. The number of nitrogens with two attached hydrogens (primary N) is 1. The molecule has 17 heavy (non-hydrogen) atoms. The molecule has 1 heteroatoms. The third-order valence-electron chi connectivity index (χ3n) is 4.19. The molecule has 2 rings (SSSR count). The number of rotatable bonds is 4. The standard InChI is InChI=1S/C16H25N/c1-15(2,17)12-13-16(10-6-7-11-16)14-8-4-3-5-9-14/h3-5,8-9H,6-7,10-13,17H2,1-2H3. The molecule has 0 spiro atoms. The fourth-order valence-electron chi connectivity index (χ4n) is 3.09. The van der Waals surface area contributed by atoms with Crippen LogP contribution in [0, 0.1) is 0 Å². The molecule has 0 heterocycles. The Labute approximate surface area is 105 Å². The second-order valence-corrected chi connectivity index (χ2v) is 6.34. The van der Waals surface area contributed by atoms with Gasteiger partial charge >= 0.3 is 0 Å². The highest BCUT2D eigenvalue weighted by Gasteiger charge is 2.35. The largest absolute Gasteiger partial charge is 0.326 e. The molecule has 1 saturated carbocycles. The zero-order valence-corrected chi connectivity index (χ0v) is 11.2. The maximum Gasteiger partial charge on any atom is 0.00973 e. The maximum absolute atomic E-state index is 6.15. The minimum atomic E-state index is -0.0373. The molecular weight excluding hydrogens is 206 g/mol. The van der Waals surface area contributed by atoms with Gasteiger partial charge in [0.1, 0.15) is 0 Å². The van der Waals surface area contributed by atoms with Gasteiger partial charge in [-0.05, 0) is 50.5 Å². The predicted molar refractivity (Wildman–Crippen MR) is 74.1 cm³/mol. The molecule has 1 fully saturated rings. The zero-order valence-electron chi connectivity index (χ0n) is 11.2. The van der Waals surface area contributed by atoms with Crippen LogP contribution in [0.4, 0.5) is 0 Å². The fourth-order valence-corrected chi connectivity index (χ4v) is 3.09. The summed E-state index contributed by atoms with van der Waals surface area (Å²) in [4.78, 5) is 0. The first-order valence-corrected chi connectivity index (χ1v) is 6.86. The smallest absolute Gasteiger partial charge is 0.00973 e. The minimum absolute atomic E-state index is 0.0373. The lowest BCUT2D eigenvalue weighted by molar-refractivity contribution is 0.338. The third-order valence-corrected chi connectivity index (χ3v) is 4.19. The van der Waals surface area contributed by atoms with E-state index in [1.807, 2.05) is 0 Å². The fraction of sp³-hybridized carbons (Fsp3) is 0.625. The highest BCUT2D eigenvalue weighted by atomic mass is 14.7. The van der Waals surface area contributed by atoms with Gasteiger partial charge in [0, 0.05) is 5.54 Å². The average molecular weight is 231 g/mol. The number of hydrogen-bond donors (Lipinski definition) is 1. The van der Waals surface area contributed by atoms with Gasteiger partial charge in [0.05, 0.1) is 0 Å². The maximum atomic E-state index is 6.15. The molecule has 1 aliphatic rings. The first-order valence-electron chi connectivity index (χ1n) is 6.86. The van der Waals surface area contributed by atoms with Crippen molar-refractivity contribution in [3.8, 4) is 0 Å². The van der Waals surface area contributed by atoms with Crippen molar-refractivity contribution in [1.29, 1.82) is 0 Å². The van der Waals surface area contributed by atoms with Crippen LogP contribution in [0.15, 0.2) is 30.3 Å². The van der Waals surface area contributed by atoms with Crippen LogP contribution >= 0.6 is 0 Å². The summed E-state index contributed by atoms with van der Waals surface area (Å²) in [6.07, 6.45) is 7.78. The predicted octanol–water partition coefficient (Wildman–Crippen LogP) is 4.02. The molecule has 0 atom stereocenters. The van der Waals surface area contributed by atoms with Crippen molar-refractivity contribution in [2.24, 2.45) is 5.73 Å². The highest BCUT2D eigenvalue weighted by Crippen LogP contribution is 2.45.